The second-order valence-electron chi connectivity index (χ2n) is 4.92. The first-order valence-electron chi connectivity index (χ1n) is 5.66. The molecule has 0 heterocycles. The summed E-state index contributed by atoms with van der Waals surface area (Å²) in [5, 5.41) is 12.3. The number of rotatable bonds is 5. The summed E-state index contributed by atoms with van der Waals surface area (Å²) in [4.78, 5) is 22.5. The average Bonchev–Trinajstić information content (AvgIpc) is 2.19. The van der Waals surface area contributed by atoms with Crippen molar-refractivity contribution in [1.29, 1.82) is 0 Å². The van der Waals surface area contributed by atoms with Crippen molar-refractivity contribution in [3.05, 3.63) is 33.8 Å². The van der Waals surface area contributed by atoms with E-state index in [0.29, 0.717) is 15.6 Å². The number of halogens is 2. The van der Waals surface area contributed by atoms with Crippen LogP contribution in [-0.4, -0.2) is 22.5 Å². The molecular formula is C13H15Cl2NO3. The monoisotopic (exact) mass is 303 g/mol. The fourth-order valence-electron chi connectivity index (χ4n) is 1.68. The van der Waals surface area contributed by atoms with Crippen LogP contribution in [0.4, 0.5) is 0 Å². The molecule has 104 valence electrons. The van der Waals surface area contributed by atoms with E-state index < -0.39 is 11.5 Å². The maximum atomic E-state index is 11.9. The summed E-state index contributed by atoms with van der Waals surface area (Å²) >= 11 is 11.7. The zero-order chi connectivity index (χ0) is 14.6. The smallest absolute Gasteiger partial charge is 0.305 e. The highest BCUT2D eigenvalue weighted by Crippen LogP contribution is 2.21. The van der Waals surface area contributed by atoms with E-state index in [1.165, 1.54) is 0 Å². The van der Waals surface area contributed by atoms with Crippen LogP contribution < -0.4 is 5.32 Å². The van der Waals surface area contributed by atoms with Crippen LogP contribution in [-0.2, 0) is 16.0 Å². The lowest BCUT2D eigenvalue weighted by Gasteiger charge is -2.24. The molecule has 0 unspecified atom stereocenters. The van der Waals surface area contributed by atoms with Crippen molar-refractivity contribution in [1.82, 2.24) is 5.32 Å². The molecule has 0 spiro atoms. The fraction of sp³-hybridized carbons (Fsp3) is 0.385. The van der Waals surface area contributed by atoms with E-state index in [-0.39, 0.29) is 18.7 Å². The summed E-state index contributed by atoms with van der Waals surface area (Å²) < 4.78 is 0. The van der Waals surface area contributed by atoms with Crippen LogP contribution >= 0.6 is 23.2 Å². The number of hydrogen-bond acceptors (Lipinski definition) is 2. The number of benzene rings is 1. The topological polar surface area (TPSA) is 66.4 Å². The Hall–Kier alpha value is -1.26. The van der Waals surface area contributed by atoms with Crippen LogP contribution in [0.1, 0.15) is 25.8 Å². The van der Waals surface area contributed by atoms with Crippen molar-refractivity contribution in [2.45, 2.75) is 32.2 Å². The standard InChI is InChI=1S/C13H15Cl2NO3/c1-13(2,7-12(18)19)16-11(17)5-8-3-4-9(14)6-10(8)15/h3-4,6H,5,7H2,1-2H3,(H,16,17)(H,18,19). The normalized spacial score (nSPS) is 11.2. The van der Waals surface area contributed by atoms with E-state index in [4.69, 9.17) is 28.3 Å². The minimum absolute atomic E-state index is 0.0824. The summed E-state index contributed by atoms with van der Waals surface area (Å²) in [6.45, 7) is 3.31. The van der Waals surface area contributed by atoms with Crippen molar-refractivity contribution < 1.29 is 14.7 Å². The summed E-state index contributed by atoms with van der Waals surface area (Å²) in [6, 6.07) is 4.89. The lowest BCUT2D eigenvalue weighted by Crippen LogP contribution is -2.45. The molecule has 0 aromatic heterocycles. The molecule has 0 bridgehead atoms. The maximum Gasteiger partial charge on any atom is 0.305 e. The minimum atomic E-state index is -0.963. The molecule has 0 saturated heterocycles. The van der Waals surface area contributed by atoms with Gasteiger partial charge >= 0.3 is 5.97 Å². The van der Waals surface area contributed by atoms with Crippen molar-refractivity contribution in [2.75, 3.05) is 0 Å². The number of carboxylic acid groups (broad SMARTS) is 1. The second kappa shape index (κ2) is 6.26. The van der Waals surface area contributed by atoms with Gasteiger partial charge in [-0.05, 0) is 31.5 Å². The molecule has 19 heavy (non-hydrogen) atoms. The molecular weight excluding hydrogens is 289 g/mol. The van der Waals surface area contributed by atoms with Gasteiger partial charge in [0.05, 0.1) is 12.8 Å². The first-order valence-corrected chi connectivity index (χ1v) is 6.42. The minimum Gasteiger partial charge on any atom is -0.481 e. The molecule has 4 nitrogen and oxygen atoms in total. The third-order valence-electron chi connectivity index (χ3n) is 2.44. The molecule has 0 fully saturated rings. The van der Waals surface area contributed by atoms with E-state index in [0.717, 1.165) is 0 Å². The van der Waals surface area contributed by atoms with Crippen LogP contribution in [0.3, 0.4) is 0 Å². The van der Waals surface area contributed by atoms with Gasteiger partial charge in [0.25, 0.3) is 0 Å². The zero-order valence-electron chi connectivity index (χ0n) is 10.7. The van der Waals surface area contributed by atoms with Gasteiger partial charge in [0.15, 0.2) is 0 Å². The number of nitrogens with one attached hydrogen (secondary N) is 1. The Morgan fingerprint density at radius 1 is 1.32 bits per heavy atom. The molecule has 1 aromatic carbocycles. The molecule has 0 saturated carbocycles. The predicted molar refractivity (Wildman–Crippen MR) is 74.6 cm³/mol. The van der Waals surface area contributed by atoms with Crippen LogP contribution in [0.5, 0.6) is 0 Å². The second-order valence-corrected chi connectivity index (χ2v) is 5.76. The van der Waals surface area contributed by atoms with Gasteiger partial charge in [-0.1, -0.05) is 29.3 Å². The summed E-state index contributed by atoms with van der Waals surface area (Å²) in [5.41, 5.74) is -0.156. The van der Waals surface area contributed by atoms with Gasteiger partial charge in [0.1, 0.15) is 0 Å². The molecule has 1 rings (SSSR count). The zero-order valence-corrected chi connectivity index (χ0v) is 12.2. The Morgan fingerprint density at radius 3 is 2.47 bits per heavy atom. The highest BCUT2D eigenvalue weighted by molar-refractivity contribution is 6.35. The molecule has 2 N–H and O–H groups in total. The molecule has 6 heteroatoms. The van der Waals surface area contributed by atoms with Crippen LogP contribution in [0.25, 0.3) is 0 Å². The Morgan fingerprint density at radius 2 is 1.95 bits per heavy atom. The van der Waals surface area contributed by atoms with Gasteiger partial charge in [-0.15, -0.1) is 0 Å². The number of carboxylic acids is 1. The molecule has 1 amide bonds. The van der Waals surface area contributed by atoms with Gasteiger partial charge < -0.3 is 10.4 Å². The Labute approximate surface area is 121 Å². The van der Waals surface area contributed by atoms with Crippen molar-refractivity contribution in [3.63, 3.8) is 0 Å². The number of carbonyl (C=O) groups excluding carboxylic acids is 1. The molecule has 1 aromatic rings. The molecule has 0 aliphatic carbocycles. The van der Waals surface area contributed by atoms with Gasteiger partial charge in [-0.3, -0.25) is 9.59 Å². The van der Waals surface area contributed by atoms with Crippen molar-refractivity contribution in [2.24, 2.45) is 0 Å². The lowest BCUT2D eigenvalue weighted by molar-refractivity contribution is -0.138. The van der Waals surface area contributed by atoms with E-state index >= 15 is 0 Å². The van der Waals surface area contributed by atoms with Gasteiger partial charge in [0, 0.05) is 15.6 Å². The van der Waals surface area contributed by atoms with Gasteiger partial charge in [0.2, 0.25) is 5.91 Å². The summed E-state index contributed by atoms with van der Waals surface area (Å²) in [5.74, 6) is -1.25. The molecule has 0 aliphatic rings. The highest BCUT2D eigenvalue weighted by atomic mass is 35.5. The Kier molecular flexibility index (Phi) is 5.20. The fourth-order valence-corrected chi connectivity index (χ4v) is 2.16. The van der Waals surface area contributed by atoms with Crippen molar-refractivity contribution in [3.8, 4) is 0 Å². The highest BCUT2D eigenvalue weighted by Gasteiger charge is 2.24. The SMILES string of the molecule is CC(C)(CC(=O)O)NC(=O)Cc1ccc(Cl)cc1Cl. The first-order chi connectivity index (χ1) is 8.69. The van der Waals surface area contributed by atoms with Crippen LogP contribution in [0.15, 0.2) is 18.2 Å². The maximum absolute atomic E-state index is 11.9. The Balaban J connectivity index is 2.67. The third kappa shape index (κ3) is 5.49. The molecule has 0 aliphatic heterocycles. The van der Waals surface area contributed by atoms with Crippen LogP contribution in [0, 0.1) is 0 Å². The number of aliphatic carboxylic acids is 1. The Bertz CT molecular complexity index is 501. The number of amides is 1. The van der Waals surface area contributed by atoms with Gasteiger partial charge in [-0.25, -0.2) is 0 Å². The summed E-state index contributed by atoms with van der Waals surface area (Å²) in [7, 11) is 0. The van der Waals surface area contributed by atoms with Gasteiger partial charge in [-0.2, -0.15) is 0 Å². The molecule has 0 atom stereocenters. The van der Waals surface area contributed by atoms with E-state index in [2.05, 4.69) is 5.32 Å². The first kappa shape index (κ1) is 15.8. The molecule has 0 radical (unpaired) electrons. The van der Waals surface area contributed by atoms with E-state index in [1.807, 2.05) is 0 Å². The predicted octanol–water partition coefficient (Wildman–Crippen LogP) is 2.91. The average molecular weight is 304 g/mol. The van der Waals surface area contributed by atoms with Crippen LogP contribution in [0.2, 0.25) is 10.0 Å². The van der Waals surface area contributed by atoms with E-state index in [1.54, 1.807) is 32.0 Å². The number of carbonyl (C=O) groups is 2. The van der Waals surface area contributed by atoms with E-state index in [9.17, 15) is 9.59 Å². The summed E-state index contributed by atoms with van der Waals surface area (Å²) in [6.07, 6.45) is -0.0634. The van der Waals surface area contributed by atoms with Crippen molar-refractivity contribution >= 4 is 35.1 Å². The third-order valence-corrected chi connectivity index (χ3v) is 3.02. The largest absolute Gasteiger partial charge is 0.481 e. The number of hydrogen-bond donors (Lipinski definition) is 2. The lowest BCUT2D eigenvalue weighted by atomic mass is 10.00. The quantitative estimate of drug-likeness (QED) is 0.879.